The van der Waals surface area contributed by atoms with E-state index in [0.717, 1.165) is 6.54 Å². The second-order valence-corrected chi connectivity index (χ2v) is 10.7. The van der Waals surface area contributed by atoms with Gasteiger partial charge >= 0.3 is 6.09 Å². The number of amides is 2. The molecule has 3 atom stereocenters. The lowest BCUT2D eigenvalue weighted by molar-refractivity contribution is -0.137. The first-order valence-corrected chi connectivity index (χ1v) is 12.4. The van der Waals surface area contributed by atoms with E-state index in [2.05, 4.69) is 49.9 Å². The molecule has 2 aromatic rings. The SMILES string of the molecule is CC(C)[C@@H]1N(C(=O)[C@H](CN(Cc2ccccc2)[C@@H](C)c2ccccc2)C(C)C)C(=O)OC1(C)C. The molecule has 1 aliphatic heterocycles. The Morgan fingerprint density at radius 2 is 1.53 bits per heavy atom. The molecule has 3 rings (SSSR count). The van der Waals surface area contributed by atoms with Crippen molar-refractivity contribution in [1.29, 1.82) is 0 Å². The third-order valence-electron chi connectivity index (χ3n) is 7.02. The molecule has 0 aliphatic carbocycles. The standard InChI is InChI=1S/C29H40N2O3/c1-20(2)25(27(32)31-26(21(3)4)29(6,7)34-28(31)33)19-30(18-23-14-10-8-11-15-23)22(5)24-16-12-9-13-17-24/h8-17,20-22,25-26H,18-19H2,1-7H3/t22-,25+,26-/m0/s1. The molecule has 0 aromatic heterocycles. The fourth-order valence-electron chi connectivity index (χ4n) is 5.21. The van der Waals surface area contributed by atoms with Crippen molar-refractivity contribution >= 4 is 12.0 Å². The summed E-state index contributed by atoms with van der Waals surface area (Å²) >= 11 is 0. The summed E-state index contributed by atoms with van der Waals surface area (Å²) in [4.78, 5) is 30.6. The smallest absolute Gasteiger partial charge is 0.417 e. The van der Waals surface area contributed by atoms with Crippen LogP contribution in [0.4, 0.5) is 4.79 Å². The van der Waals surface area contributed by atoms with Crippen molar-refractivity contribution in [3.8, 4) is 0 Å². The summed E-state index contributed by atoms with van der Waals surface area (Å²) in [6.45, 7) is 15.5. The van der Waals surface area contributed by atoms with Crippen molar-refractivity contribution < 1.29 is 14.3 Å². The second kappa shape index (κ2) is 10.7. The molecule has 0 N–H and O–H groups in total. The number of ether oxygens (including phenoxy) is 1. The molecule has 0 radical (unpaired) electrons. The van der Waals surface area contributed by atoms with Gasteiger partial charge in [0.1, 0.15) is 5.60 Å². The van der Waals surface area contributed by atoms with Crippen LogP contribution in [0.5, 0.6) is 0 Å². The predicted octanol–water partition coefficient (Wildman–Crippen LogP) is 6.30. The van der Waals surface area contributed by atoms with Crippen LogP contribution in [0.3, 0.4) is 0 Å². The number of imide groups is 1. The van der Waals surface area contributed by atoms with E-state index in [4.69, 9.17) is 4.74 Å². The lowest BCUT2D eigenvalue weighted by atomic mass is 9.86. The highest BCUT2D eigenvalue weighted by molar-refractivity contribution is 5.95. The van der Waals surface area contributed by atoms with Gasteiger partial charge in [0.2, 0.25) is 5.91 Å². The number of hydrogen-bond acceptors (Lipinski definition) is 4. The number of hydrogen-bond donors (Lipinski definition) is 0. The minimum atomic E-state index is -0.705. The van der Waals surface area contributed by atoms with Crippen LogP contribution < -0.4 is 0 Å². The van der Waals surface area contributed by atoms with Crippen LogP contribution in [-0.2, 0) is 16.1 Å². The average molecular weight is 465 g/mol. The summed E-state index contributed by atoms with van der Waals surface area (Å²) in [7, 11) is 0. The Bertz CT molecular complexity index is 956. The van der Waals surface area contributed by atoms with Crippen molar-refractivity contribution in [2.75, 3.05) is 6.54 Å². The molecule has 0 spiro atoms. The van der Waals surface area contributed by atoms with Gasteiger partial charge in [0.05, 0.1) is 12.0 Å². The molecule has 0 bridgehead atoms. The molecule has 1 fully saturated rings. The zero-order valence-electron chi connectivity index (χ0n) is 21.7. The summed E-state index contributed by atoms with van der Waals surface area (Å²) in [6.07, 6.45) is -0.523. The number of cyclic esters (lactones) is 1. The summed E-state index contributed by atoms with van der Waals surface area (Å²) < 4.78 is 5.66. The Balaban J connectivity index is 1.92. The van der Waals surface area contributed by atoms with Gasteiger partial charge < -0.3 is 4.74 Å². The van der Waals surface area contributed by atoms with Crippen molar-refractivity contribution in [2.24, 2.45) is 17.8 Å². The molecule has 0 unspecified atom stereocenters. The molecular weight excluding hydrogens is 424 g/mol. The molecule has 184 valence electrons. The van der Waals surface area contributed by atoms with Crippen molar-refractivity contribution in [3.63, 3.8) is 0 Å². The molecule has 5 heteroatoms. The predicted molar refractivity (Wildman–Crippen MR) is 136 cm³/mol. The summed E-state index contributed by atoms with van der Waals surface area (Å²) in [6, 6.07) is 20.5. The Morgan fingerprint density at radius 1 is 0.971 bits per heavy atom. The van der Waals surface area contributed by atoms with Crippen molar-refractivity contribution in [1.82, 2.24) is 9.80 Å². The van der Waals surface area contributed by atoms with Crippen LogP contribution in [0.25, 0.3) is 0 Å². The lowest BCUT2D eigenvalue weighted by Crippen LogP contribution is -2.52. The summed E-state index contributed by atoms with van der Waals surface area (Å²) in [5, 5.41) is 0. The third-order valence-corrected chi connectivity index (χ3v) is 7.02. The molecule has 2 aromatic carbocycles. The second-order valence-electron chi connectivity index (χ2n) is 10.7. The maximum atomic E-state index is 13.9. The van der Waals surface area contributed by atoms with Crippen molar-refractivity contribution in [3.05, 3.63) is 71.8 Å². The van der Waals surface area contributed by atoms with Gasteiger partial charge in [-0.15, -0.1) is 0 Å². The first-order chi connectivity index (χ1) is 16.0. The van der Waals surface area contributed by atoms with E-state index in [1.165, 1.54) is 16.0 Å². The molecule has 1 heterocycles. The van der Waals surface area contributed by atoms with E-state index in [1.54, 1.807) is 0 Å². The van der Waals surface area contributed by atoms with Crippen LogP contribution in [0.15, 0.2) is 60.7 Å². The number of carbonyl (C=O) groups excluding carboxylic acids is 2. The maximum absolute atomic E-state index is 13.9. The Kier molecular flexibility index (Phi) is 8.19. The van der Waals surface area contributed by atoms with E-state index >= 15 is 0 Å². The minimum absolute atomic E-state index is 0.0677. The zero-order valence-corrected chi connectivity index (χ0v) is 21.7. The minimum Gasteiger partial charge on any atom is -0.441 e. The largest absolute Gasteiger partial charge is 0.441 e. The van der Waals surface area contributed by atoms with Crippen LogP contribution in [0.1, 0.15) is 65.6 Å². The molecule has 5 nitrogen and oxygen atoms in total. The Labute approximate surface area is 205 Å². The number of benzene rings is 2. The van der Waals surface area contributed by atoms with Gasteiger partial charge in [-0.1, -0.05) is 88.4 Å². The fraction of sp³-hybridized carbons (Fsp3) is 0.517. The van der Waals surface area contributed by atoms with Gasteiger partial charge in [-0.05, 0) is 43.7 Å². The maximum Gasteiger partial charge on any atom is 0.417 e. The fourth-order valence-corrected chi connectivity index (χ4v) is 5.21. The van der Waals surface area contributed by atoms with Gasteiger partial charge in [-0.25, -0.2) is 9.69 Å². The molecule has 1 saturated heterocycles. The molecule has 1 aliphatic rings. The van der Waals surface area contributed by atoms with Crippen LogP contribution in [0, 0.1) is 17.8 Å². The van der Waals surface area contributed by atoms with Gasteiger partial charge in [-0.2, -0.15) is 0 Å². The zero-order chi connectivity index (χ0) is 25.0. The van der Waals surface area contributed by atoms with Gasteiger partial charge in [-0.3, -0.25) is 9.69 Å². The van der Waals surface area contributed by atoms with Gasteiger partial charge in [0.25, 0.3) is 0 Å². The Hall–Kier alpha value is -2.66. The van der Waals surface area contributed by atoms with Gasteiger partial charge in [0.15, 0.2) is 0 Å². The normalized spacial score (nSPS) is 19.5. The first kappa shape index (κ1) is 26.0. The molecular formula is C29H40N2O3. The quantitative estimate of drug-likeness (QED) is 0.437. The number of nitrogens with zero attached hydrogens (tertiary/aromatic N) is 2. The average Bonchev–Trinajstić information content (AvgIpc) is 3.04. The van der Waals surface area contributed by atoms with E-state index in [-0.39, 0.29) is 35.7 Å². The molecule has 0 saturated carbocycles. The molecule has 34 heavy (non-hydrogen) atoms. The summed E-state index contributed by atoms with van der Waals surface area (Å²) in [5.74, 6) is -0.305. The monoisotopic (exact) mass is 464 g/mol. The van der Waals surface area contributed by atoms with Crippen molar-refractivity contribution in [2.45, 2.75) is 72.7 Å². The number of carbonyl (C=O) groups is 2. The Morgan fingerprint density at radius 3 is 2.06 bits per heavy atom. The van der Waals surface area contributed by atoms with Gasteiger partial charge in [0, 0.05) is 19.1 Å². The highest BCUT2D eigenvalue weighted by Gasteiger charge is 2.53. The first-order valence-electron chi connectivity index (χ1n) is 12.4. The van der Waals surface area contributed by atoms with E-state index in [9.17, 15) is 9.59 Å². The molecule has 2 amide bonds. The lowest BCUT2D eigenvalue weighted by Gasteiger charge is -2.37. The highest BCUT2D eigenvalue weighted by atomic mass is 16.6. The topological polar surface area (TPSA) is 49.9 Å². The number of rotatable bonds is 9. The van der Waals surface area contributed by atoms with E-state index in [1.807, 2.05) is 64.1 Å². The summed E-state index contributed by atoms with van der Waals surface area (Å²) in [5.41, 5.74) is 1.70. The van der Waals surface area contributed by atoms with E-state index < -0.39 is 11.7 Å². The van der Waals surface area contributed by atoms with Crippen LogP contribution in [-0.4, -0.2) is 40.0 Å². The third kappa shape index (κ3) is 5.69. The van der Waals surface area contributed by atoms with Crippen LogP contribution >= 0.6 is 0 Å². The van der Waals surface area contributed by atoms with Crippen LogP contribution in [0.2, 0.25) is 0 Å². The van der Waals surface area contributed by atoms with E-state index in [0.29, 0.717) is 6.54 Å². The highest BCUT2D eigenvalue weighted by Crippen LogP contribution is 2.36.